The lowest BCUT2D eigenvalue weighted by molar-refractivity contribution is 0.254. The standard InChI is InChI=1S/C15H24ClNO/c1-4-11(3)10-18-15-8-6-7-14(16)13(15)9-12(17)5-2/h6-8,11-12H,4-5,9-10,17H2,1-3H3. The van der Waals surface area contributed by atoms with Crippen molar-refractivity contribution in [3.8, 4) is 5.75 Å². The maximum absolute atomic E-state index is 6.24. The average Bonchev–Trinajstić information content (AvgIpc) is 2.38. The molecule has 0 saturated carbocycles. The van der Waals surface area contributed by atoms with Crippen molar-refractivity contribution in [1.82, 2.24) is 0 Å². The van der Waals surface area contributed by atoms with Crippen molar-refractivity contribution in [2.45, 2.75) is 46.1 Å². The number of hydrogen-bond donors (Lipinski definition) is 1. The van der Waals surface area contributed by atoms with Crippen LogP contribution in [0.1, 0.15) is 39.2 Å². The zero-order chi connectivity index (χ0) is 13.5. The largest absolute Gasteiger partial charge is 0.493 e. The highest BCUT2D eigenvalue weighted by Gasteiger charge is 2.12. The van der Waals surface area contributed by atoms with E-state index < -0.39 is 0 Å². The predicted molar refractivity (Wildman–Crippen MR) is 78.4 cm³/mol. The Morgan fingerprint density at radius 1 is 1.28 bits per heavy atom. The van der Waals surface area contributed by atoms with Gasteiger partial charge < -0.3 is 10.5 Å². The Morgan fingerprint density at radius 2 is 2.00 bits per heavy atom. The van der Waals surface area contributed by atoms with Gasteiger partial charge in [-0.2, -0.15) is 0 Å². The Morgan fingerprint density at radius 3 is 2.61 bits per heavy atom. The Bertz CT molecular complexity index is 368. The third kappa shape index (κ3) is 4.51. The van der Waals surface area contributed by atoms with E-state index in [0.29, 0.717) is 5.92 Å². The van der Waals surface area contributed by atoms with E-state index in [1.54, 1.807) is 0 Å². The molecule has 2 atom stereocenters. The summed E-state index contributed by atoms with van der Waals surface area (Å²) in [5.74, 6) is 1.43. The Hall–Kier alpha value is -0.730. The molecule has 1 aromatic carbocycles. The highest BCUT2D eigenvalue weighted by molar-refractivity contribution is 6.31. The molecule has 0 aliphatic carbocycles. The van der Waals surface area contributed by atoms with Crippen LogP contribution < -0.4 is 10.5 Å². The number of halogens is 1. The summed E-state index contributed by atoms with van der Waals surface area (Å²) in [4.78, 5) is 0. The zero-order valence-electron chi connectivity index (χ0n) is 11.6. The fraction of sp³-hybridized carbons (Fsp3) is 0.600. The van der Waals surface area contributed by atoms with Crippen LogP contribution in [0.2, 0.25) is 5.02 Å². The van der Waals surface area contributed by atoms with E-state index in [-0.39, 0.29) is 6.04 Å². The van der Waals surface area contributed by atoms with Gasteiger partial charge in [-0.1, -0.05) is 44.9 Å². The molecule has 1 rings (SSSR count). The molecule has 3 heteroatoms. The van der Waals surface area contributed by atoms with Gasteiger partial charge in [0.1, 0.15) is 5.75 Å². The second-order valence-corrected chi connectivity index (χ2v) is 5.32. The zero-order valence-corrected chi connectivity index (χ0v) is 12.3. The van der Waals surface area contributed by atoms with E-state index in [0.717, 1.165) is 42.2 Å². The number of benzene rings is 1. The lowest BCUT2D eigenvalue weighted by atomic mass is 10.0. The fourth-order valence-corrected chi connectivity index (χ4v) is 1.87. The van der Waals surface area contributed by atoms with E-state index in [9.17, 15) is 0 Å². The molecule has 0 spiro atoms. The minimum Gasteiger partial charge on any atom is -0.493 e. The molecule has 0 heterocycles. The summed E-state index contributed by atoms with van der Waals surface area (Å²) in [7, 11) is 0. The topological polar surface area (TPSA) is 35.2 Å². The van der Waals surface area contributed by atoms with Gasteiger partial charge in [-0.25, -0.2) is 0 Å². The summed E-state index contributed by atoms with van der Waals surface area (Å²) in [6.07, 6.45) is 2.83. The fourth-order valence-electron chi connectivity index (χ4n) is 1.63. The molecule has 1 aromatic rings. The van der Waals surface area contributed by atoms with E-state index in [1.165, 1.54) is 0 Å². The van der Waals surface area contributed by atoms with Gasteiger partial charge in [0, 0.05) is 16.6 Å². The summed E-state index contributed by atoms with van der Waals surface area (Å²) >= 11 is 6.24. The van der Waals surface area contributed by atoms with E-state index >= 15 is 0 Å². The van der Waals surface area contributed by atoms with Gasteiger partial charge in [0.05, 0.1) is 6.61 Å². The maximum Gasteiger partial charge on any atom is 0.124 e. The summed E-state index contributed by atoms with van der Waals surface area (Å²) in [6, 6.07) is 5.94. The van der Waals surface area contributed by atoms with Gasteiger partial charge in [-0.15, -0.1) is 0 Å². The number of ether oxygens (including phenoxy) is 1. The highest BCUT2D eigenvalue weighted by atomic mass is 35.5. The normalized spacial score (nSPS) is 14.3. The molecule has 2 nitrogen and oxygen atoms in total. The predicted octanol–water partition coefficient (Wildman–Crippen LogP) is 4.04. The van der Waals surface area contributed by atoms with Gasteiger partial charge in [0.2, 0.25) is 0 Å². The van der Waals surface area contributed by atoms with E-state index in [2.05, 4.69) is 20.8 Å². The van der Waals surface area contributed by atoms with Crippen molar-refractivity contribution in [2.24, 2.45) is 11.7 Å². The molecular weight excluding hydrogens is 246 g/mol. The van der Waals surface area contributed by atoms with Crippen molar-refractivity contribution in [3.63, 3.8) is 0 Å². The molecule has 0 aliphatic rings. The molecular formula is C15H24ClNO. The Kier molecular flexibility index (Phi) is 6.51. The minimum absolute atomic E-state index is 0.135. The van der Waals surface area contributed by atoms with Crippen LogP contribution in [0.3, 0.4) is 0 Å². The molecule has 18 heavy (non-hydrogen) atoms. The molecule has 2 unspecified atom stereocenters. The number of rotatable bonds is 7. The molecule has 2 N–H and O–H groups in total. The first-order valence-corrected chi connectivity index (χ1v) is 7.12. The lowest BCUT2D eigenvalue weighted by Crippen LogP contribution is -2.22. The van der Waals surface area contributed by atoms with Crippen LogP contribution in [0.15, 0.2) is 18.2 Å². The van der Waals surface area contributed by atoms with E-state index in [4.69, 9.17) is 22.1 Å². The Labute approximate surface area is 115 Å². The first kappa shape index (κ1) is 15.3. The number of hydrogen-bond acceptors (Lipinski definition) is 2. The van der Waals surface area contributed by atoms with Gasteiger partial charge >= 0.3 is 0 Å². The smallest absolute Gasteiger partial charge is 0.124 e. The summed E-state index contributed by atoms with van der Waals surface area (Å²) in [5.41, 5.74) is 7.05. The first-order valence-electron chi connectivity index (χ1n) is 6.74. The van der Waals surface area contributed by atoms with Crippen molar-refractivity contribution in [1.29, 1.82) is 0 Å². The monoisotopic (exact) mass is 269 g/mol. The third-order valence-electron chi connectivity index (χ3n) is 3.29. The molecule has 0 amide bonds. The van der Waals surface area contributed by atoms with E-state index in [1.807, 2.05) is 18.2 Å². The number of nitrogens with two attached hydrogens (primary N) is 1. The summed E-state index contributed by atoms with van der Waals surface area (Å²) in [5, 5.41) is 0.751. The van der Waals surface area contributed by atoms with Crippen LogP contribution in [0.4, 0.5) is 0 Å². The van der Waals surface area contributed by atoms with Crippen molar-refractivity contribution in [2.75, 3.05) is 6.61 Å². The van der Waals surface area contributed by atoms with Crippen molar-refractivity contribution < 1.29 is 4.74 Å². The molecule has 0 aromatic heterocycles. The second-order valence-electron chi connectivity index (χ2n) is 4.91. The van der Waals surface area contributed by atoms with Gasteiger partial charge in [-0.05, 0) is 30.9 Å². The molecule has 0 aliphatic heterocycles. The summed E-state index contributed by atoms with van der Waals surface area (Å²) in [6.45, 7) is 7.16. The molecule has 102 valence electrons. The van der Waals surface area contributed by atoms with Crippen LogP contribution in [0, 0.1) is 5.92 Å². The highest BCUT2D eigenvalue weighted by Crippen LogP contribution is 2.28. The Balaban J connectivity index is 2.79. The van der Waals surface area contributed by atoms with Crippen LogP contribution in [0.5, 0.6) is 5.75 Å². The van der Waals surface area contributed by atoms with Crippen LogP contribution >= 0.6 is 11.6 Å². The van der Waals surface area contributed by atoms with Crippen molar-refractivity contribution >= 4 is 11.6 Å². The molecule has 0 bridgehead atoms. The van der Waals surface area contributed by atoms with Gasteiger partial charge in [-0.3, -0.25) is 0 Å². The van der Waals surface area contributed by atoms with Crippen LogP contribution in [-0.2, 0) is 6.42 Å². The first-order chi connectivity index (χ1) is 8.58. The maximum atomic E-state index is 6.24. The van der Waals surface area contributed by atoms with Crippen LogP contribution in [0.25, 0.3) is 0 Å². The molecule has 0 radical (unpaired) electrons. The third-order valence-corrected chi connectivity index (χ3v) is 3.64. The lowest BCUT2D eigenvalue weighted by Gasteiger charge is -2.17. The van der Waals surface area contributed by atoms with Crippen LogP contribution in [-0.4, -0.2) is 12.6 Å². The second kappa shape index (κ2) is 7.65. The quantitative estimate of drug-likeness (QED) is 0.811. The SMILES string of the molecule is CCC(C)COc1cccc(Cl)c1CC(N)CC. The summed E-state index contributed by atoms with van der Waals surface area (Å²) < 4.78 is 5.88. The van der Waals surface area contributed by atoms with Gasteiger partial charge in [0.15, 0.2) is 0 Å². The van der Waals surface area contributed by atoms with Gasteiger partial charge in [0.25, 0.3) is 0 Å². The molecule has 0 fully saturated rings. The minimum atomic E-state index is 0.135. The molecule has 0 saturated heterocycles. The average molecular weight is 270 g/mol. The van der Waals surface area contributed by atoms with Crippen molar-refractivity contribution in [3.05, 3.63) is 28.8 Å².